The third-order valence-corrected chi connectivity index (χ3v) is 4.17. The van der Waals surface area contributed by atoms with Crippen molar-refractivity contribution in [2.24, 2.45) is 0 Å². The minimum Gasteiger partial charge on any atom is -0.493 e. The van der Waals surface area contributed by atoms with Crippen molar-refractivity contribution in [1.82, 2.24) is 19.9 Å². The molecule has 138 valence electrons. The molecule has 0 radical (unpaired) electrons. The van der Waals surface area contributed by atoms with Crippen LogP contribution in [0.4, 0.5) is 8.78 Å². The zero-order valence-electron chi connectivity index (χ0n) is 14.4. The highest BCUT2D eigenvalue weighted by atomic mass is 19.2. The fourth-order valence-electron chi connectivity index (χ4n) is 2.90. The molecule has 4 aromatic rings. The van der Waals surface area contributed by atoms with Crippen LogP contribution in [-0.4, -0.2) is 34.2 Å². The summed E-state index contributed by atoms with van der Waals surface area (Å²) in [6, 6.07) is 5.21. The number of H-pyrrole nitrogens is 2. The quantitative estimate of drug-likeness (QED) is 0.575. The number of methoxy groups -OCH3 is 2. The molecule has 0 fully saturated rings. The molecule has 0 unspecified atom stereocenters. The van der Waals surface area contributed by atoms with Crippen LogP contribution < -0.4 is 15.0 Å². The molecule has 0 bridgehead atoms. The summed E-state index contributed by atoms with van der Waals surface area (Å²) in [6.07, 6.45) is 0.150. The smallest absolute Gasteiger partial charge is 0.258 e. The number of halogens is 2. The summed E-state index contributed by atoms with van der Waals surface area (Å²) in [7, 11) is 2.97. The molecular formula is C18H14F2N4O3. The summed E-state index contributed by atoms with van der Waals surface area (Å²) in [6.45, 7) is 0. The number of rotatable bonds is 4. The second-order valence-corrected chi connectivity index (χ2v) is 5.88. The van der Waals surface area contributed by atoms with Gasteiger partial charge in [0.05, 0.1) is 42.6 Å². The van der Waals surface area contributed by atoms with Gasteiger partial charge in [-0.15, -0.1) is 0 Å². The Hall–Kier alpha value is -3.49. The normalized spacial score (nSPS) is 11.3. The molecule has 9 heteroatoms. The van der Waals surface area contributed by atoms with Crippen molar-refractivity contribution in [2.45, 2.75) is 6.42 Å². The average molecular weight is 372 g/mol. The number of aromatic amines is 2. The fourth-order valence-corrected chi connectivity index (χ4v) is 2.90. The van der Waals surface area contributed by atoms with Gasteiger partial charge in [0.1, 0.15) is 11.6 Å². The molecule has 2 aromatic carbocycles. The Labute approximate surface area is 151 Å². The van der Waals surface area contributed by atoms with E-state index in [0.717, 1.165) is 12.1 Å². The van der Waals surface area contributed by atoms with Crippen molar-refractivity contribution >= 4 is 21.9 Å². The Morgan fingerprint density at radius 1 is 0.889 bits per heavy atom. The lowest BCUT2D eigenvalue weighted by Gasteiger charge is -2.09. The van der Waals surface area contributed by atoms with Gasteiger partial charge in [0, 0.05) is 18.2 Å². The Morgan fingerprint density at radius 3 is 2.26 bits per heavy atom. The van der Waals surface area contributed by atoms with Crippen LogP contribution in [0.25, 0.3) is 21.9 Å². The van der Waals surface area contributed by atoms with E-state index in [0.29, 0.717) is 45.1 Å². The maximum absolute atomic E-state index is 13.3. The van der Waals surface area contributed by atoms with Crippen LogP contribution >= 0.6 is 0 Å². The molecule has 2 heterocycles. The molecule has 4 rings (SSSR count). The van der Waals surface area contributed by atoms with E-state index in [1.807, 2.05) is 0 Å². The molecule has 27 heavy (non-hydrogen) atoms. The molecule has 0 saturated carbocycles. The standard InChI is InChI=1S/C18H14F2N4O3/c1-26-14-3-8-11(6-15(14)27-2)21-17(24-18(8)25)7-16-22-12-4-9(19)10(20)5-13(12)23-16/h3-6H,7H2,1-2H3,(H,22,23)(H,21,24,25). The molecule has 0 amide bonds. The zero-order valence-corrected chi connectivity index (χ0v) is 14.4. The number of fused-ring (bicyclic) bond motifs is 2. The van der Waals surface area contributed by atoms with Crippen molar-refractivity contribution in [3.8, 4) is 11.5 Å². The van der Waals surface area contributed by atoms with Crippen molar-refractivity contribution in [1.29, 1.82) is 0 Å². The molecule has 0 aliphatic heterocycles. The first-order valence-corrected chi connectivity index (χ1v) is 7.97. The van der Waals surface area contributed by atoms with E-state index < -0.39 is 11.6 Å². The topological polar surface area (TPSA) is 92.9 Å². The molecule has 2 aromatic heterocycles. The highest BCUT2D eigenvalue weighted by Crippen LogP contribution is 2.30. The van der Waals surface area contributed by atoms with Crippen LogP contribution in [0.5, 0.6) is 11.5 Å². The van der Waals surface area contributed by atoms with Gasteiger partial charge >= 0.3 is 0 Å². The Balaban J connectivity index is 1.77. The Morgan fingerprint density at radius 2 is 1.52 bits per heavy atom. The van der Waals surface area contributed by atoms with Crippen molar-refractivity contribution in [3.05, 3.63) is 57.9 Å². The number of aromatic nitrogens is 4. The van der Waals surface area contributed by atoms with Crippen LogP contribution in [0, 0.1) is 11.6 Å². The first-order chi connectivity index (χ1) is 13.0. The maximum Gasteiger partial charge on any atom is 0.258 e. The monoisotopic (exact) mass is 372 g/mol. The SMILES string of the molecule is COc1cc2nc(Cc3nc4cc(F)c(F)cc4[nH]3)[nH]c(=O)c2cc1OC. The molecule has 0 spiro atoms. The Kier molecular flexibility index (Phi) is 3.98. The van der Waals surface area contributed by atoms with Gasteiger partial charge in [-0.1, -0.05) is 0 Å². The van der Waals surface area contributed by atoms with Gasteiger partial charge in [0.25, 0.3) is 5.56 Å². The van der Waals surface area contributed by atoms with E-state index in [2.05, 4.69) is 19.9 Å². The van der Waals surface area contributed by atoms with E-state index in [1.165, 1.54) is 14.2 Å². The number of imidazole rings is 1. The first-order valence-electron chi connectivity index (χ1n) is 7.97. The number of benzene rings is 2. The summed E-state index contributed by atoms with van der Waals surface area (Å²) >= 11 is 0. The van der Waals surface area contributed by atoms with Gasteiger partial charge < -0.3 is 19.4 Å². The van der Waals surface area contributed by atoms with E-state index in [1.54, 1.807) is 12.1 Å². The largest absolute Gasteiger partial charge is 0.493 e. The number of ether oxygens (including phenoxy) is 2. The summed E-state index contributed by atoms with van der Waals surface area (Å²) < 4.78 is 37.1. The van der Waals surface area contributed by atoms with Crippen LogP contribution in [-0.2, 0) is 6.42 Å². The fraction of sp³-hybridized carbons (Fsp3) is 0.167. The van der Waals surface area contributed by atoms with Crippen LogP contribution in [0.2, 0.25) is 0 Å². The van der Waals surface area contributed by atoms with Gasteiger partial charge in [-0.05, 0) is 6.07 Å². The van der Waals surface area contributed by atoms with Gasteiger partial charge in [-0.25, -0.2) is 18.7 Å². The van der Waals surface area contributed by atoms with Crippen molar-refractivity contribution in [2.75, 3.05) is 14.2 Å². The first kappa shape index (κ1) is 17.0. The van der Waals surface area contributed by atoms with Crippen LogP contribution in [0.1, 0.15) is 11.6 Å². The summed E-state index contributed by atoms with van der Waals surface area (Å²) in [4.78, 5) is 26.6. The molecule has 0 atom stereocenters. The third-order valence-electron chi connectivity index (χ3n) is 4.17. The van der Waals surface area contributed by atoms with Gasteiger partial charge in [0.15, 0.2) is 23.1 Å². The van der Waals surface area contributed by atoms with E-state index in [9.17, 15) is 13.6 Å². The Bertz CT molecular complexity index is 1190. The predicted octanol–water partition coefficient (Wildman–Crippen LogP) is 2.69. The van der Waals surface area contributed by atoms with Gasteiger partial charge in [0.2, 0.25) is 0 Å². The molecule has 7 nitrogen and oxygen atoms in total. The molecule has 0 saturated heterocycles. The lowest BCUT2D eigenvalue weighted by Crippen LogP contribution is -2.13. The number of nitrogens with one attached hydrogen (secondary N) is 2. The molecule has 0 aliphatic carbocycles. The summed E-state index contributed by atoms with van der Waals surface area (Å²) in [5.74, 6) is -0.303. The number of hydrogen-bond donors (Lipinski definition) is 2. The lowest BCUT2D eigenvalue weighted by atomic mass is 10.2. The lowest BCUT2D eigenvalue weighted by molar-refractivity contribution is 0.355. The summed E-state index contributed by atoms with van der Waals surface area (Å²) in [5, 5.41) is 0.352. The van der Waals surface area contributed by atoms with Crippen molar-refractivity contribution < 1.29 is 18.3 Å². The van der Waals surface area contributed by atoms with E-state index in [4.69, 9.17) is 9.47 Å². The third kappa shape index (κ3) is 2.97. The molecular weight excluding hydrogens is 358 g/mol. The summed E-state index contributed by atoms with van der Waals surface area (Å²) in [5.41, 5.74) is 0.737. The molecule has 0 aliphatic rings. The van der Waals surface area contributed by atoms with Gasteiger partial charge in [-0.3, -0.25) is 4.79 Å². The minimum atomic E-state index is -0.973. The van der Waals surface area contributed by atoms with Crippen LogP contribution in [0.15, 0.2) is 29.1 Å². The maximum atomic E-state index is 13.3. The van der Waals surface area contributed by atoms with E-state index in [-0.39, 0.29) is 12.0 Å². The molecule has 2 N–H and O–H groups in total. The predicted molar refractivity (Wildman–Crippen MR) is 94.3 cm³/mol. The zero-order chi connectivity index (χ0) is 19.1. The average Bonchev–Trinajstić information content (AvgIpc) is 3.01. The second kappa shape index (κ2) is 6.35. The van der Waals surface area contributed by atoms with Gasteiger partial charge in [-0.2, -0.15) is 0 Å². The van der Waals surface area contributed by atoms with Crippen molar-refractivity contribution in [3.63, 3.8) is 0 Å². The number of nitrogens with zero attached hydrogens (tertiary/aromatic N) is 2. The minimum absolute atomic E-state index is 0.150. The highest BCUT2D eigenvalue weighted by Gasteiger charge is 2.13. The highest BCUT2D eigenvalue weighted by molar-refractivity contribution is 5.82. The van der Waals surface area contributed by atoms with Crippen LogP contribution in [0.3, 0.4) is 0 Å². The second-order valence-electron chi connectivity index (χ2n) is 5.88. The number of hydrogen-bond acceptors (Lipinski definition) is 5. The van der Waals surface area contributed by atoms with E-state index >= 15 is 0 Å².